The van der Waals surface area contributed by atoms with E-state index >= 15 is 0 Å². The minimum atomic E-state index is -0.0295. The molecule has 1 aromatic rings. The molecule has 3 nitrogen and oxygen atoms in total. The van der Waals surface area contributed by atoms with Crippen LogP contribution in [-0.4, -0.2) is 25.4 Å². The summed E-state index contributed by atoms with van der Waals surface area (Å²) in [4.78, 5) is 0. The Morgan fingerprint density at radius 1 is 0.870 bits per heavy atom. The molecule has 0 fully saturated rings. The van der Waals surface area contributed by atoms with Gasteiger partial charge in [-0.25, -0.2) is 0 Å². The highest BCUT2D eigenvalue weighted by Crippen LogP contribution is 2.41. The molecule has 0 aliphatic rings. The number of rotatable bonds is 5. The van der Waals surface area contributed by atoms with E-state index in [4.69, 9.17) is 14.6 Å². The monoisotopic (exact) mass is 324 g/mol. The Morgan fingerprint density at radius 2 is 1.30 bits per heavy atom. The third-order valence-corrected chi connectivity index (χ3v) is 3.48. The molecule has 0 atom stereocenters. The first-order valence-electron chi connectivity index (χ1n) is 8.58. The summed E-state index contributed by atoms with van der Waals surface area (Å²) < 4.78 is 11.5. The second-order valence-electron chi connectivity index (χ2n) is 7.47. The minimum Gasteiger partial charge on any atom is -0.496 e. The summed E-state index contributed by atoms with van der Waals surface area (Å²) >= 11 is 0. The van der Waals surface area contributed by atoms with Crippen molar-refractivity contribution in [3.8, 4) is 11.5 Å². The average Bonchev–Trinajstić information content (AvgIpc) is 2.47. The van der Waals surface area contributed by atoms with Crippen LogP contribution in [0.5, 0.6) is 11.5 Å². The lowest BCUT2D eigenvalue weighted by molar-refractivity contribution is 0.230. The Balaban J connectivity index is 0.00000232. The summed E-state index contributed by atoms with van der Waals surface area (Å²) in [6, 6.07) is 4.19. The molecule has 0 heterocycles. The van der Waals surface area contributed by atoms with Crippen LogP contribution in [0.3, 0.4) is 0 Å². The van der Waals surface area contributed by atoms with E-state index in [9.17, 15) is 0 Å². The maximum Gasteiger partial charge on any atom is 0.123 e. The zero-order valence-electron chi connectivity index (χ0n) is 16.5. The molecule has 1 aromatic carbocycles. The maximum absolute atomic E-state index is 8.94. The summed E-state index contributed by atoms with van der Waals surface area (Å²) in [5.41, 5.74) is 2.22. The van der Waals surface area contributed by atoms with Crippen molar-refractivity contribution in [1.82, 2.24) is 0 Å². The molecule has 0 spiro atoms. The number of ether oxygens (including phenoxy) is 2. The molecule has 1 N–H and O–H groups in total. The van der Waals surface area contributed by atoms with Gasteiger partial charge in [-0.3, -0.25) is 0 Å². The number of hydrogen-bond donors (Lipinski definition) is 1. The van der Waals surface area contributed by atoms with Crippen molar-refractivity contribution in [2.75, 3.05) is 20.3 Å². The van der Waals surface area contributed by atoms with Crippen LogP contribution in [0, 0.1) is 0 Å². The van der Waals surface area contributed by atoms with Crippen molar-refractivity contribution in [2.24, 2.45) is 0 Å². The van der Waals surface area contributed by atoms with Gasteiger partial charge in [-0.15, -0.1) is 0 Å². The van der Waals surface area contributed by atoms with Gasteiger partial charge in [-0.05, 0) is 23.0 Å². The molecule has 0 saturated heterocycles. The summed E-state index contributed by atoms with van der Waals surface area (Å²) in [5.74, 6) is 1.80. The van der Waals surface area contributed by atoms with E-state index in [2.05, 4.69) is 53.7 Å². The smallest absolute Gasteiger partial charge is 0.123 e. The average molecular weight is 325 g/mol. The van der Waals surface area contributed by atoms with Crippen molar-refractivity contribution >= 4 is 0 Å². The lowest BCUT2D eigenvalue weighted by Gasteiger charge is -2.28. The predicted octanol–water partition coefficient (Wildman–Crippen LogP) is 5.08. The number of aliphatic hydroxyl groups excluding tert-OH is 1. The van der Waals surface area contributed by atoms with E-state index in [1.807, 2.05) is 13.8 Å². The van der Waals surface area contributed by atoms with Crippen LogP contribution in [0.15, 0.2) is 12.1 Å². The van der Waals surface area contributed by atoms with Crippen LogP contribution >= 0.6 is 0 Å². The predicted molar refractivity (Wildman–Crippen MR) is 98.9 cm³/mol. The van der Waals surface area contributed by atoms with Gasteiger partial charge in [0.2, 0.25) is 0 Å². The molecule has 134 valence electrons. The van der Waals surface area contributed by atoms with Crippen molar-refractivity contribution in [3.63, 3.8) is 0 Å². The quantitative estimate of drug-likeness (QED) is 0.768. The Kier molecular flexibility index (Phi) is 8.68. The zero-order chi connectivity index (χ0) is 18.3. The molecule has 23 heavy (non-hydrogen) atoms. The normalized spacial score (nSPS) is 11.6. The maximum atomic E-state index is 8.94. The van der Waals surface area contributed by atoms with Gasteiger partial charge in [-0.1, -0.05) is 55.4 Å². The summed E-state index contributed by atoms with van der Waals surface area (Å²) in [6.45, 7) is 17.7. The molecule has 1 rings (SSSR count). The van der Waals surface area contributed by atoms with Crippen molar-refractivity contribution in [3.05, 3.63) is 23.3 Å². The standard InChI is InChI=1S/C18H30O3.C2H6/c1-17(2,3)13-12-16(21-10-8-9-19)14(18(4,5)6)11-15(13)20-7;1-2/h11-12,19H,8-10H2,1-7H3;1-2H3. The van der Waals surface area contributed by atoms with E-state index in [0.29, 0.717) is 13.0 Å². The first-order valence-corrected chi connectivity index (χ1v) is 8.58. The fraction of sp³-hybridized carbons (Fsp3) is 0.700. The van der Waals surface area contributed by atoms with Crippen molar-refractivity contribution in [2.45, 2.75) is 72.6 Å². The second kappa shape index (κ2) is 9.17. The van der Waals surface area contributed by atoms with Crippen LogP contribution in [0.4, 0.5) is 0 Å². The lowest BCUT2D eigenvalue weighted by atomic mass is 9.81. The lowest BCUT2D eigenvalue weighted by Crippen LogP contribution is -2.18. The Hall–Kier alpha value is -1.22. The van der Waals surface area contributed by atoms with Gasteiger partial charge in [0.05, 0.1) is 13.7 Å². The van der Waals surface area contributed by atoms with E-state index in [1.54, 1.807) is 7.11 Å². The number of hydrogen-bond acceptors (Lipinski definition) is 3. The fourth-order valence-electron chi connectivity index (χ4n) is 2.27. The van der Waals surface area contributed by atoms with Gasteiger partial charge in [-0.2, -0.15) is 0 Å². The van der Waals surface area contributed by atoms with Crippen LogP contribution in [0.1, 0.15) is 72.9 Å². The molecule has 0 aliphatic heterocycles. The molecule has 0 unspecified atom stereocenters. The molecule has 0 aliphatic carbocycles. The first-order chi connectivity index (χ1) is 10.6. The molecule has 3 heteroatoms. The largest absolute Gasteiger partial charge is 0.496 e. The molecule has 0 saturated carbocycles. The topological polar surface area (TPSA) is 38.7 Å². The Bertz CT molecular complexity index is 465. The number of benzene rings is 1. The fourth-order valence-corrected chi connectivity index (χ4v) is 2.27. The highest BCUT2D eigenvalue weighted by molar-refractivity contribution is 5.51. The highest BCUT2D eigenvalue weighted by atomic mass is 16.5. The minimum absolute atomic E-state index is 0.0170. The van der Waals surface area contributed by atoms with Gasteiger partial charge in [0, 0.05) is 24.2 Å². The van der Waals surface area contributed by atoms with Crippen molar-refractivity contribution < 1.29 is 14.6 Å². The van der Waals surface area contributed by atoms with Gasteiger partial charge in [0.15, 0.2) is 0 Å². The van der Waals surface area contributed by atoms with Crippen LogP contribution < -0.4 is 9.47 Å². The number of aliphatic hydroxyl groups is 1. The van der Waals surface area contributed by atoms with Crippen LogP contribution in [0.2, 0.25) is 0 Å². The molecule has 0 amide bonds. The van der Waals surface area contributed by atoms with E-state index in [1.165, 1.54) is 0 Å². The molecular weight excluding hydrogens is 288 g/mol. The van der Waals surface area contributed by atoms with E-state index < -0.39 is 0 Å². The Labute approximate surface area is 143 Å². The third kappa shape index (κ3) is 6.42. The SMILES string of the molecule is CC.COc1cc(C(C)(C)C)c(OCCCO)cc1C(C)(C)C. The van der Waals surface area contributed by atoms with Gasteiger partial charge < -0.3 is 14.6 Å². The molecular formula is C20H36O3. The summed E-state index contributed by atoms with van der Waals surface area (Å²) in [7, 11) is 1.71. The second-order valence-corrected chi connectivity index (χ2v) is 7.47. The zero-order valence-corrected chi connectivity index (χ0v) is 16.5. The highest BCUT2D eigenvalue weighted by Gasteiger charge is 2.26. The van der Waals surface area contributed by atoms with Crippen LogP contribution in [-0.2, 0) is 10.8 Å². The number of methoxy groups -OCH3 is 1. The Morgan fingerprint density at radius 3 is 1.70 bits per heavy atom. The van der Waals surface area contributed by atoms with E-state index in [0.717, 1.165) is 22.6 Å². The first kappa shape index (κ1) is 21.8. The summed E-state index contributed by atoms with van der Waals surface area (Å²) in [5, 5.41) is 8.94. The van der Waals surface area contributed by atoms with Crippen molar-refractivity contribution in [1.29, 1.82) is 0 Å². The molecule has 0 aromatic heterocycles. The molecule has 0 bridgehead atoms. The third-order valence-electron chi connectivity index (χ3n) is 3.48. The summed E-state index contributed by atoms with van der Waals surface area (Å²) in [6.07, 6.45) is 0.639. The van der Waals surface area contributed by atoms with Crippen LogP contribution in [0.25, 0.3) is 0 Å². The van der Waals surface area contributed by atoms with Gasteiger partial charge >= 0.3 is 0 Å². The van der Waals surface area contributed by atoms with Gasteiger partial charge in [0.1, 0.15) is 11.5 Å². The molecule has 0 radical (unpaired) electrons. The van der Waals surface area contributed by atoms with Gasteiger partial charge in [0.25, 0.3) is 0 Å². The van der Waals surface area contributed by atoms with E-state index in [-0.39, 0.29) is 17.4 Å².